The van der Waals surface area contributed by atoms with Gasteiger partial charge in [-0.05, 0) is 60.8 Å². The number of phenolic OH excluding ortho intramolecular Hbond substituents is 1. The van der Waals surface area contributed by atoms with Crippen molar-refractivity contribution >= 4 is 33.7 Å². The highest BCUT2D eigenvalue weighted by Gasteiger charge is 2.26. The molecule has 0 aliphatic heterocycles. The highest BCUT2D eigenvalue weighted by Crippen LogP contribution is 2.38. The van der Waals surface area contributed by atoms with Crippen LogP contribution in [0.5, 0.6) is 5.75 Å². The number of aromatic hydroxyl groups is 1. The number of nitrogens with zero attached hydrogens (tertiary/aromatic N) is 2. The number of aromatic nitrogens is 1. The molecule has 3 aromatic rings. The molecule has 30 heavy (non-hydrogen) atoms. The predicted molar refractivity (Wildman–Crippen MR) is 120 cm³/mol. The van der Waals surface area contributed by atoms with Crippen LogP contribution in [0.3, 0.4) is 0 Å². The summed E-state index contributed by atoms with van der Waals surface area (Å²) in [5.41, 5.74) is 7.88. The van der Waals surface area contributed by atoms with Gasteiger partial charge in [-0.3, -0.25) is 19.1 Å². The van der Waals surface area contributed by atoms with Crippen LogP contribution in [0.15, 0.2) is 64.4 Å². The van der Waals surface area contributed by atoms with Gasteiger partial charge < -0.3 is 15.9 Å². The fraction of sp³-hybridized carbons (Fsp3) is 0.273. The third-order valence-corrected chi connectivity index (χ3v) is 6.13. The minimum atomic E-state index is -0.541. The zero-order chi connectivity index (χ0) is 21.1. The zero-order valence-corrected chi connectivity index (χ0v) is 17.2. The molecule has 0 bridgehead atoms. The lowest BCUT2D eigenvalue weighted by atomic mass is 9.93. The first kappa shape index (κ1) is 20.2. The fourth-order valence-electron chi connectivity index (χ4n) is 3.73. The van der Waals surface area contributed by atoms with Gasteiger partial charge in [0.1, 0.15) is 22.1 Å². The second-order valence-corrected chi connectivity index (χ2v) is 8.13. The molecule has 0 amide bonds. The van der Waals surface area contributed by atoms with E-state index in [-0.39, 0.29) is 28.7 Å². The summed E-state index contributed by atoms with van der Waals surface area (Å²) in [4.78, 5) is 19.1. The maximum Gasteiger partial charge on any atom is 0.271 e. The summed E-state index contributed by atoms with van der Waals surface area (Å²) in [7, 11) is 0. The first-order chi connectivity index (χ1) is 14.5. The summed E-state index contributed by atoms with van der Waals surface area (Å²) in [6.45, 7) is 0. The van der Waals surface area contributed by atoms with Crippen LogP contribution in [-0.2, 0) is 0 Å². The van der Waals surface area contributed by atoms with Crippen molar-refractivity contribution in [2.24, 2.45) is 10.7 Å². The number of rotatable bonds is 5. The predicted octanol–water partition coefficient (Wildman–Crippen LogP) is 3.62. The lowest BCUT2D eigenvalue weighted by Crippen LogP contribution is -2.32. The minimum Gasteiger partial charge on any atom is -0.508 e. The molecule has 2 aromatic carbocycles. The van der Waals surface area contributed by atoms with Gasteiger partial charge in [0.25, 0.3) is 5.56 Å². The number of anilines is 3. The van der Waals surface area contributed by atoms with Gasteiger partial charge >= 0.3 is 0 Å². The van der Waals surface area contributed by atoms with E-state index in [1.54, 1.807) is 24.3 Å². The summed E-state index contributed by atoms with van der Waals surface area (Å²) in [6.07, 6.45) is 2.85. The molecule has 1 fully saturated rings. The summed E-state index contributed by atoms with van der Waals surface area (Å²) >= 11 is 1.17. The van der Waals surface area contributed by atoms with Gasteiger partial charge in [-0.15, -0.1) is 0 Å². The Morgan fingerprint density at radius 1 is 1.07 bits per heavy atom. The van der Waals surface area contributed by atoms with E-state index in [1.807, 2.05) is 35.2 Å². The first-order valence-electron chi connectivity index (χ1n) is 9.92. The molecule has 8 heteroatoms. The van der Waals surface area contributed by atoms with Crippen molar-refractivity contribution in [1.29, 1.82) is 0 Å². The van der Waals surface area contributed by atoms with Gasteiger partial charge in [0.15, 0.2) is 0 Å². The molecular weight excluding hydrogens is 400 g/mol. The monoisotopic (exact) mass is 424 g/mol. The molecular formula is C22H24N4O3S. The normalized spacial score (nSPS) is 19.6. The van der Waals surface area contributed by atoms with Crippen LogP contribution in [-0.4, -0.2) is 32.6 Å². The van der Waals surface area contributed by atoms with Crippen LogP contribution in [0.25, 0.3) is 0 Å². The lowest BCUT2D eigenvalue weighted by molar-refractivity contribution is 0.109. The van der Waals surface area contributed by atoms with E-state index in [4.69, 9.17) is 5.73 Å². The van der Waals surface area contributed by atoms with Gasteiger partial charge in [-0.25, -0.2) is 0 Å². The van der Waals surface area contributed by atoms with Crippen LogP contribution < -0.4 is 16.2 Å². The van der Waals surface area contributed by atoms with Crippen molar-refractivity contribution in [3.63, 3.8) is 0 Å². The van der Waals surface area contributed by atoms with E-state index in [0.29, 0.717) is 11.4 Å². The van der Waals surface area contributed by atoms with Crippen LogP contribution in [0.2, 0.25) is 0 Å². The van der Waals surface area contributed by atoms with E-state index >= 15 is 0 Å². The lowest BCUT2D eigenvalue weighted by Gasteiger charge is -2.26. The quantitative estimate of drug-likeness (QED) is 0.369. The number of H-pyrrole nitrogens is 1. The molecule has 0 saturated heterocycles. The van der Waals surface area contributed by atoms with E-state index in [2.05, 4.69) is 9.37 Å². The molecule has 0 spiro atoms. The largest absolute Gasteiger partial charge is 0.508 e. The highest BCUT2D eigenvalue weighted by molar-refractivity contribution is 7.10. The highest BCUT2D eigenvalue weighted by atomic mass is 32.1. The maximum absolute atomic E-state index is 12.7. The Hall–Kier alpha value is -3.10. The smallest absolute Gasteiger partial charge is 0.271 e. The zero-order valence-electron chi connectivity index (χ0n) is 16.4. The van der Waals surface area contributed by atoms with Crippen molar-refractivity contribution in [2.45, 2.75) is 37.8 Å². The maximum atomic E-state index is 12.7. The number of para-hydroxylation sites is 1. The number of aliphatic hydroxyl groups excluding tert-OH is 1. The molecule has 1 saturated carbocycles. The van der Waals surface area contributed by atoms with Gasteiger partial charge in [0, 0.05) is 11.4 Å². The van der Waals surface area contributed by atoms with Crippen LogP contribution in [0.1, 0.15) is 31.2 Å². The Morgan fingerprint density at radius 2 is 1.73 bits per heavy atom. The molecule has 1 heterocycles. The number of benzene rings is 2. The number of phenols is 1. The Balaban J connectivity index is 1.81. The Kier molecular flexibility index (Phi) is 5.87. The second kappa shape index (κ2) is 8.73. The fourth-order valence-corrected chi connectivity index (χ4v) is 4.62. The first-order valence-corrected chi connectivity index (χ1v) is 10.7. The minimum absolute atomic E-state index is 0.123. The molecule has 2 unspecified atom stereocenters. The number of hydrogen-bond donors (Lipinski definition) is 4. The standard InChI is InChI=1S/C22H24N4O3S/c23-20(24-17-8-4-5-9-18(17)28)19-21(29)25-30-22(19)26(14-6-2-1-3-7-14)15-10-12-16(27)13-11-15/h1-3,6-7,10-13,17-18,27-28H,4-5,8-9H2,(H2,23,24)(H,25,29). The van der Waals surface area contributed by atoms with Crippen molar-refractivity contribution in [3.8, 4) is 5.75 Å². The molecule has 0 radical (unpaired) electrons. The number of hydrogen-bond acceptors (Lipinski definition) is 6. The average molecular weight is 425 g/mol. The topological polar surface area (TPSA) is 115 Å². The molecule has 1 aliphatic rings. The Bertz CT molecular complexity index is 1080. The van der Waals surface area contributed by atoms with Crippen molar-refractivity contribution in [2.75, 3.05) is 4.90 Å². The van der Waals surface area contributed by atoms with Crippen molar-refractivity contribution < 1.29 is 10.2 Å². The average Bonchev–Trinajstić information content (AvgIpc) is 3.13. The molecule has 1 aliphatic carbocycles. The van der Waals surface area contributed by atoms with Crippen LogP contribution >= 0.6 is 11.5 Å². The number of nitrogens with two attached hydrogens (primary N) is 1. The number of aromatic amines is 1. The van der Waals surface area contributed by atoms with Gasteiger partial charge in [-0.1, -0.05) is 31.0 Å². The van der Waals surface area contributed by atoms with Gasteiger partial charge in [0.05, 0.1) is 12.1 Å². The van der Waals surface area contributed by atoms with Crippen LogP contribution in [0, 0.1) is 0 Å². The number of aliphatic hydroxyl groups is 1. The molecule has 4 rings (SSSR count). The summed E-state index contributed by atoms with van der Waals surface area (Å²) in [6, 6.07) is 16.0. The van der Waals surface area contributed by atoms with E-state index in [9.17, 15) is 15.0 Å². The number of aliphatic imine (C=N–C) groups is 1. The second-order valence-electron chi connectivity index (χ2n) is 7.33. The van der Waals surface area contributed by atoms with Crippen molar-refractivity contribution in [1.82, 2.24) is 4.37 Å². The van der Waals surface area contributed by atoms with Gasteiger partial charge in [0.2, 0.25) is 0 Å². The molecule has 5 N–H and O–H groups in total. The van der Waals surface area contributed by atoms with E-state index in [0.717, 1.165) is 30.6 Å². The number of nitrogens with one attached hydrogen (secondary N) is 1. The summed E-state index contributed by atoms with van der Waals surface area (Å²) in [5, 5.41) is 20.6. The van der Waals surface area contributed by atoms with E-state index in [1.165, 1.54) is 11.5 Å². The third-order valence-electron chi connectivity index (χ3n) is 5.26. The van der Waals surface area contributed by atoms with E-state index < -0.39 is 6.10 Å². The Morgan fingerprint density at radius 3 is 2.43 bits per heavy atom. The summed E-state index contributed by atoms with van der Waals surface area (Å²) in [5.74, 6) is 0.278. The molecule has 7 nitrogen and oxygen atoms in total. The molecule has 1 aromatic heterocycles. The van der Waals surface area contributed by atoms with Crippen molar-refractivity contribution in [3.05, 3.63) is 70.5 Å². The van der Waals surface area contributed by atoms with Gasteiger partial charge in [-0.2, -0.15) is 0 Å². The van der Waals surface area contributed by atoms with Crippen LogP contribution in [0.4, 0.5) is 16.4 Å². The molecule has 156 valence electrons. The SMILES string of the molecule is NC(=NC1CCCCC1O)c1c(N(c2ccccc2)c2ccc(O)cc2)s[nH]c1=O. The Labute approximate surface area is 178 Å². The summed E-state index contributed by atoms with van der Waals surface area (Å²) < 4.78 is 2.77. The molecule has 2 atom stereocenters. The number of amidine groups is 1. The third kappa shape index (κ3) is 4.10.